The van der Waals surface area contributed by atoms with Gasteiger partial charge in [-0.15, -0.1) is 16.9 Å². The Labute approximate surface area is 98.3 Å². The van der Waals surface area contributed by atoms with Crippen LogP contribution in [0.25, 0.3) is 5.69 Å². The molecule has 1 atom stereocenters. The third-order valence-corrected chi connectivity index (χ3v) is 2.98. The molecule has 0 bridgehead atoms. The van der Waals surface area contributed by atoms with Crippen LogP contribution in [0.1, 0.15) is 18.7 Å². The van der Waals surface area contributed by atoms with E-state index < -0.39 is 6.10 Å². The predicted molar refractivity (Wildman–Crippen MR) is 63.8 cm³/mol. The lowest BCUT2D eigenvalue weighted by Crippen LogP contribution is -1.94. The van der Waals surface area contributed by atoms with Crippen molar-refractivity contribution in [3.05, 3.63) is 36.2 Å². The topological polar surface area (TPSA) is 50.9 Å². The minimum absolute atomic E-state index is 0.578. The highest BCUT2D eigenvalue weighted by atomic mass is 32.2. The average molecular weight is 235 g/mol. The van der Waals surface area contributed by atoms with Gasteiger partial charge in [-0.1, -0.05) is 11.3 Å². The third-order valence-electron chi connectivity index (χ3n) is 2.26. The van der Waals surface area contributed by atoms with Gasteiger partial charge in [0.1, 0.15) is 5.69 Å². The smallest absolute Gasteiger partial charge is 0.111 e. The predicted octanol–water partition coefficient (Wildman–Crippen LogP) is 2.04. The van der Waals surface area contributed by atoms with E-state index in [4.69, 9.17) is 0 Å². The summed E-state index contributed by atoms with van der Waals surface area (Å²) in [4.78, 5) is 1.17. The van der Waals surface area contributed by atoms with E-state index in [0.29, 0.717) is 5.69 Å². The van der Waals surface area contributed by atoms with Crippen molar-refractivity contribution in [2.75, 3.05) is 6.26 Å². The molecule has 1 aromatic carbocycles. The minimum Gasteiger partial charge on any atom is -0.387 e. The van der Waals surface area contributed by atoms with Gasteiger partial charge in [-0.3, -0.25) is 0 Å². The number of aliphatic hydroxyl groups is 1. The van der Waals surface area contributed by atoms with E-state index in [1.54, 1.807) is 29.6 Å². The number of aromatic nitrogens is 3. The molecule has 16 heavy (non-hydrogen) atoms. The molecule has 0 aliphatic carbocycles. The summed E-state index contributed by atoms with van der Waals surface area (Å²) in [5.74, 6) is 0. The van der Waals surface area contributed by atoms with Crippen LogP contribution in [-0.2, 0) is 0 Å². The van der Waals surface area contributed by atoms with Crippen molar-refractivity contribution in [3.8, 4) is 5.69 Å². The zero-order chi connectivity index (χ0) is 11.5. The number of benzene rings is 1. The van der Waals surface area contributed by atoms with E-state index in [0.717, 1.165) is 5.69 Å². The van der Waals surface area contributed by atoms with Gasteiger partial charge in [0.25, 0.3) is 0 Å². The Hall–Kier alpha value is -1.33. The SMILES string of the molecule is CSc1cccc(-n2cc(C(C)O)nn2)c1. The van der Waals surface area contributed by atoms with Gasteiger partial charge in [0.2, 0.25) is 0 Å². The first-order chi connectivity index (χ1) is 7.70. The summed E-state index contributed by atoms with van der Waals surface area (Å²) < 4.78 is 1.67. The lowest BCUT2D eigenvalue weighted by Gasteiger charge is -2.02. The summed E-state index contributed by atoms with van der Waals surface area (Å²) in [5, 5.41) is 17.2. The lowest BCUT2D eigenvalue weighted by molar-refractivity contribution is 0.194. The molecular weight excluding hydrogens is 222 g/mol. The second-order valence-corrected chi connectivity index (χ2v) is 4.35. The fraction of sp³-hybridized carbons (Fsp3) is 0.273. The van der Waals surface area contributed by atoms with E-state index in [-0.39, 0.29) is 0 Å². The van der Waals surface area contributed by atoms with Crippen LogP contribution in [0.4, 0.5) is 0 Å². The van der Waals surface area contributed by atoms with Crippen molar-refractivity contribution >= 4 is 11.8 Å². The van der Waals surface area contributed by atoms with Crippen molar-refractivity contribution in [2.45, 2.75) is 17.9 Å². The summed E-state index contributed by atoms with van der Waals surface area (Å²) in [5.41, 5.74) is 1.53. The maximum absolute atomic E-state index is 9.36. The van der Waals surface area contributed by atoms with E-state index in [1.165, 1.54) is 4.90 Å². The lowest BCUT2D eigenvalue weighted by atomic mass is 10.3. The Balaban J connectivity index is 2.34. The molecule has 0 fully saturated rings. The average Bonchev–Trinajstić information content (AvgIpc) is 2.78. The Morgan fingerprint density at radius 3 is 2.88 bits per heavy atom. The normalized spacial score (nSPS) is 12.7. The zero-order valence-electron chi connectivity index (χ0n) is 9.16. The highest BCUT2D eigenvalue weighted by Gasteiger charge is 2.07. The van der Waals surface area contributed by atoms with E-state index in [2.05, 4.69) is 10.3 Å². The number of hydrogen-bond donors (Lipinski definition) is 1. The van der Waals surface area contributed by atoms with E-state index >= 15 is 0 Å². The Bertz CT molecular complexity index is 482. The van der Waals surface area contributed by atoms with Crippen molar-refractivity contribution in [2.24, 2.45) is 0 Å². The van der Waals surface area contributed by atoms with Gasteiger partial charge in [0.05, 0.1) is 18.0 Å². The second-order valence-electron chi connectivity index (χ2n) is 3.47. The summed E-state index contributed by atoms with van der Waals surface area (Å²) in [6.07, 6.45) is 3.18. The van der Waals surface area contributed by atoms with Gasteiger partial charge < -0.3 is 5.11 Å². The van der Waals surface area contributed by atoms with Gasteiger partial charge in [-0.2, -0.15) is 0 Å². The summed E-state index contributed by atoms with van der Waals surface area (Å²) in [6, 6.07) is 8.01. The first-order valence-electron chi connectivity index (χ1n) is 4.95. The van der Waals surface area contributed by atoms with Crippen LogP contribution in [0.5, 0.6) is 0 Å². The minimum atomic E-state index is -0.586. The Morgan fingerprint density at radius 1 is 1.44 bits per heavy atom. The fourth-order valence-electron chi connectivity index (χ4n) is 1.35. The molecule has 0 aliphatic rings. The van der Waals surface area contributed by atoms with Crippen LogP contribution in [0.3, 0.4) is 0 Å². The van der Waals surface area contributed by atoms with Crippen molar-refractivity contribution in [1.29, 1.82) is 0 Å². The summed E-state index contributed by atoms with van der Waals surface area (Å²) >= 11 is 1.68. The monoisotopic (exact) mass is 235 g/mol. The molecule has 0 saturated carbocycles. The number of thioether (sulfide) groups is 1. The summed E-state index contributed by atoms with van der Waals surface area (Å²) in [7, 11) is 0. The molecule has 2 aromatic rings. The Morgan fingerprint density at radius 2 is 2.25 bits per heavy atom. The van der Waals surface area contributed by atoms with Crippen molar-refractivity contribution in [1.82, 2.24) is 15.0 Å². The fourth-order valence-corrected chi connectivity index (χ4v) is 1.80. The summed E-state index contributed by atoms with van der Waals surface area (Å²) in [6.45, 7) is 1.67. The third kappa shape index (κ3) is 2.25. The van der Waals surface area contributed by atoms with Crippen molar-refractivity contribution in [3.63, 3.8) is 0 Å². The van der Waals surface area contributed by atoms with E-state index in [1.807, 2.05) is 30.5 Å². The molecule has 0 saturated heterocycles. The number of hydrogen-bond acceptors (Lipinski definition) is 4. The number of aliphatic hydroxyl groups excluding tert-OH is 1. The quantitative estimate of drug-likeness (QED) is 0.827. The molecular formula is C11H13N3OS. The highest BCUT2D eigenvalue weighted by Crippen LogP contribution is 2.18. The van der Waals surface area contributed by atoms with Crippen LogP contribution in [0, 0.1) is 0 Å². The van der Waals surface area contributed by atoms with Crippen LogP contribution in [0.15, 0.2) is 35.4 Å². The van der Waals surface area contributed by atoms with E-state index in [9.17, 15) is 5.11 Å². The highest BCUT2D eigenvalue weighted by molar-refractivity contribution is 7.98. The molecule has 1 unspecified atom stereocenters. The maximum atomic E-state index is 9.36. The standard InChI is InChI=1S/C11H13N3OS/c1-8(15)11-7-14(13-12-11)9-4-3-5-10(6-9)16-2/h3-8,15H,1-2H3. The molecule has 1 aromatic heterocycles. The van der Waals surface area contributed by atoms with Gasteiger partial charge in [0, 0.05) is 4.90 Å². The molecule has 4 nitrogen and oxygen atoms in total. The largest absolute Gasteiger partial charge is 0.387 e. The molecule has 0 spiro atoms. The molecule has 1 N–H and O–H groups in total. The Kier molecular flexibility index (Phi) is 3.26. The first kappa shape index (κ1) is 11.2. The molecule has 1 heterocycles. The second kappa shape index (κ2) is 4.67. The molecule has 84 valence electrons. The van der Waals surface area contributed by atoms with Gasteiger partial charge in [-0.05, 0) is 31.4 Å². The maximum Gasteiger partial charge on any atom is 0.111 e. The molecule has 0 radical (unpaired) electrons. The van der Waals surface area contributed by atoms with Gasteiger partial charge >= 0.3 is 0 Å². The zero-order valence-corrected chi connectivity index (χ0v) is 9.98. The van der Waals surface area contributed by atoms with Crippen LogP contribution >= 0.6 is 11.8 Å². The number of nitrogens with zero attached hydrogens (tertiary/aromatic N) is 3. The van der Waals surface area contributed by atoms with Crippen molar-refractivity contribution < 1.29 is 5.11 Å². The first-order valence-corrected chi connectivity index (χ1v) is 6.18. The molecule has 0 aliphatic heterocycles. The molecule has 2 rings (SSSR count). The van der Waals surface area contributed by atoms with Crippen LogP contribution < -0.4 is 0 Å². The van der Waals surface area contributed by atoms with Gasteiger partial charge in [0.15, 0.2) is 0 Å². The molecule has 0 amide bonds. The van der Waals surface area contributed by atoms with Crippen LogP contribution in [-0.4, -0.2) is 26.4 Å². The number of rotatable bonds is 3. The van der Waals surface area contributed by atoms with Crippen LogP contribution in [0.2, 0.25) is 0 Å². The molecule has 5 heteroatoms. The van der Waals surface area contributed by atoms with Gasteiger partial charge in [-0.25, -0.2) is 4.68 Å².